The number of aliphatic carboxylic acids is 1. The highest BCUT2D eigenvalue weighted by atomic mass is 16.5. The standard InChI is InChI=1S/C13H23NO4/c1-10(2)8-14(9-12(16)17)11(15)7-13(18-3)5-4-6-13/h10H,4-9H2,1-3H3,(H,16,17). The first-order valence-corrected chi connectivity index (χ1v) is 6.43. The van der Waals surface area contributed by atoms with Crippen LogP contribution in [0.25, 0.3) is 0 Å². The number of hydrogen-bond donors (Lipinski definition) is 1. The Kier molecular flexibility index (Phi) is 5.14. The van der Waals surface area contributed by atoms with E-state index >= 15 is 0 Å². The molecule has 0 radical (unpaired) electrons. The minimum Gasteiger partial charge on any atom is -0.480 e. The van der Waals surface area contributed by atoms with Gasteiger partial charge in [-0.25, -0.2) is 0 Å². The second kappa shape index (κ2) is 6.18. The summed E-state index contributed by atoms with van der Waals surface area (Å²) in [6.45, 7) is 4.19. The van der Waals surface area contributed by atoms with Gasteiger partial charge in [-0.3, -0.25) is 9.59 Å². The summed E-state index contributed by atoms with van der Waals surface area (Å²) in [5.74, 6) is -0.829. The second-order valence-corrected chi connectivity index (χ2v) is 5.48. The number of nitrogens with zero attached hydrogens (tertiary/aromatic N) is 1. The summed E-state index contributed by atoms with van der Waals surface area (Å²) in [5, 5.41) is 8.85. The Balaban J connectivity index is 2.60. The van der Waals surface area contributed by atoms with Crippen molar-refractivity contribution >= 4 is 11.9 Å². The van der Waals surface area contributed by atoms with Crippen LogP contribution in [0.5, 0.6) is 0 Å². The average Bonchev–Trinajstić information content (AvgIpc) is 2.20. The molecular weight excluding hydrogens is 234 g/mol. The molecule has 0 heterocycles. The Hall–Kier alpha value is -1.10. The van der Waals surface area contributed by atoms with E-state index in [0.29, 0.717) is 13.0 Å². The minimum atomic E-state index is -0.968. The molecule has 5 nitrogen and oxygen atoms in total. The molecule has 1 aliphatic carbocycles. The van der Waals surface area contributed by atoms with E-state index in [4.69, 9.17) is 9.84 Å². The lowest BCUT2D eigenvalue weighted by Gasteiger charge is -2.41. The summed E-state index contributed by atoms with van der Waals surface area (Å²) in [4.78, 5) is 24.4. The number of carbonyl (C=O) groups is 2. The zero-order valence-electron chi connectivity index (χ0n) is 11.4. The summed E-state index contributed by atoms with van der Waals surface area (Å²) in [5.41, 5.74) is -0.342. The zero-order valence-corrected chi connectivity index (χ0v) is 11.4. The quantitative estimate of drug-likeness (QED) is 0.751. The fraction of sp³-hybridized carbons (Fsp3) is 0.846. The van der Waals surface area contributed by atoms with E-state index in [1.165, 1.54) is 4.90 Å². The Labute approximate surface area is 108 Å². The topological polar surface area (TPSA) is 66.8 Å². The van der Waals surface area contributed by atoms with Gasteiger partial charge in [0.1, 0.15) is 6.54 Å². The molecule has 1 saturated carbocycles. The van der Waals surface area contributed by atoms with Gasteiger partial charge in [0.05, 0.1) is 12.0 Å². The van der Waals surface area contributed by atoms with Crippen LogP contribution in [0.1, 0.15) is 39.5 Å². The maximum atomic E-state index is 12.2. The molecule has 0 saturated heterocycles. The van der Waals surface area contributed by atoms with Gasteiger partial charge in [0.25, 0.3) is 0 Å². The number of carbonyl (C=O) groups excluding carboxylic acids is 1. The molecular formula is C13H23NO4. The zero-order chi connectivity index (χ0) is 13.8. The van der Waals surface area contributed by atoms with Gasteiger partial charge in [0, 0.05) is 13.7 Å². The van der Waals surface area contributed by atoms with Crippen molar-refractivity contribution in [2.24, 2.45) is 5.92 Å². The number of rotatable bonds is 7. The fourth-order valence-corrected chi connectivity index (χ4v) is 2.27. The Bertz CT molecular complexity index is 305. The first kappa shape index (κ1) is 15.0. The molecule has 0 aromatic rings. The molecule has 0 aromatic carbocycles. The van der Waals surface area contributed by atoms with E-state index in [9.17, 15) is 9.59 Å². The molecule has 1 aliphatic rings. The second-order valence-electron chi connectivity index (χ2n) is 5.48. The number of hydrogen-bond acceptors (Lipinski definition) is 3. The highest BCUT2D eigenvalue weighted by Crippen LogP contribution is 2.38. The number of carboxylic acid groups (broad SMARTS) is 1. The van der Waals surface area contributed by atoms with Crippen molar-refractivity contribution in [1.29, 1.82) is 0 Å². The molecule has 0 bridgehead atoms. The third-order valence-corrected chi connectivity index (χ3v) is 3.44. The summed E-state index contributed by atoms with van der Waals surface area (Å²) in [6, 6.07) is 0. The third-order valence-electron chi connectivity index (χ3n) is 3.44. The molecule has 0 atom stereocenters. The van der Waals surface area contributed by atoms with Gasteiger partial charge >= 0.3 is 5.97 Å². The van der Waals surface area contributed by atoms with Gasteiger partial charge in [0.15, 0.2) is 0 Å². The first-order valence-electron chi connectivity index (χ1n) is 6.43. The van der Waals surface area contributed by atoms with E-state index in [-0.39, 0.29) is 24.0 Å². The van der Waals surface area contributed by atoms with Gasteiger partial charge in [-0.2, -0.15) is 0 Å². The van der Waals surface area contributed by atoms with E-state index in [1.54, 1.807) is 7.11 Å². The SMILES string of the molecule is COC1(CC(=O)N(CC(=O)O)CC(C)C)CCC1. The predicted molar refractivity (Wildman–Crippen MR) is 67.3 cm³/mol. The monoisotopic (exact) mass is 257 g/mol. The third kappa shape index (κ3) is 3.98. The molecule has 0 aromatic heterocycles. The molecule has 104 valence electrons. The van der Waals surface area contributed by atoms with Crippen LogP contribution in [0.2, 0.25) is 0 Å². The van der Waals surface area contributed by atoms with Crippen LogP contribution in [0.3, 0.4) is 0 Å². The van der Waals surface area contributed by atoms with Crippen LogP contribution in [0.4, 0.5) is 0 Å². The molecule has 1 fully saturated rings. The molecule has 1 amide bonds. The molecule has 0 aliphatic heterocycles. The van der Waals surface area contributed by atoms with Gasteiger partial charge in [-0.15, -0.1) is 0 Å². The van der Waals surface area contributed by atoms with E-state index < -0.39 is 5.97 Å². The highest BCUT2D eigenvalue weighted by Gasteiger charge is 2.40. The van der Waals surface area contributed by atoms with E-state index in [1.807, 2.05) is 13.8 Å². The highest BCUT2D eigenvalue weighted by molar-refractivity contribution is 5.82. The van der Waals surface area contributed by atoms with Crippen molar-refractivity contribution in [3.63, 3.8) is 0 Å². The lowest BCUT2D eigenvalue weighted by atomic mass is 9.77. The molecule has 0 unspecified atom stereocenters. The van der Waals surface area contributed by atoms with Gasteiger partial charge in [0.2, 0.25) is 5.91 Å². The molecule has 0 spiro atoms. The Morgan fingerprint density at radius 3 is 2.33 bits per heavy atom. The van der Waals surface area contributed by atoms with Crippen molar-refractivity contribution in [1.82, 2.24) is 4.90 Å². The van der Waals surface area contributed by atoms with Gasteiger partial charge in [-0.1, -0.05) is 13.8 Å². The average molecular weight is 257 g/mol. The maximum Gasteiger partial charge on any atom is 0.323 e. The number of ether oxygens (including phenoxy) is 1. The van der Waals surface area contributed by atoms with Crippen LogP contribution >= 0.6 is 0 Å². The normalized spacial score (nSPS) is 17.3. The molecule has 1 rings (SSSR count). The minimum absolute atomic E-state index is 0.118. The van der Waals surface area contributed by atoms with Crippen molar-refractivity contribution in [3.8, 4) is 0 Å². The lowest BCUT2D eigenvalue weighted by Crippen LogP contribution is -2.47. The van der Waals surface area contributed by atoms with Crippen LogP contribution in [-0.4, -0.2) is 47.7 Å². The largest absolute Gasteiger partial charge is 0.480 e. The Morgan fingerprint density at radius 1 is 1.39 bits per heavy atom. The maximum absolute atomic E-state index is 12.2. The van der Waals surface area contributed by atoms with Crippen molar-refractivity contribution in [2.45, 2.75) is 45.1 Å². The van der Waals surface area contributed by atoms with Gasteiger partial charge in [-0.05, 0) is 25.2 Å². The number of methoxy groups -OCH3 is 1. The molecule has 5 heteroatoms. The van der Waals surface area contributed by atoms with Crippen LogP contribution in [0.15, 0.2) is 0 Å². The number of amides is 1. The Morgan fingerprint density at radius 2 is 2.00 bits per heavy atom. The van der Waals surface area contributed by atoms with Crippen molar-refractivity contribution in [2.75, 3.05) is 20.2 Å². The smallest absolute Gasteiger partial charge is 0.323 e. The fourth-order valence-electron chi connectivity index (χ4n) is 2.27. The summed E-state index contributed by atoms with van der Waals surface area (Å²) in [7, 11) is 1.62. The summed E-state index contributed by atoms with van der Waals surface area (Å²) < 4.78 is 5.41. The summed E-state index contributed by atoms with van der Waals surface area (Å²) >= 11 is 0. The van der Waals surface area contributed by atoms with Crippen LogP contribution in [-0.2, 0) is 14.3 Å². The van der Waals surface area contributed by atoms with Crippen LogP contribution < -0.4 is 0 Å². The lowest BCUT2D eigenvalue weighted by molar-refractivity contribution is -0.151. The predicted octanol–water partition coefficient (Wildman–Crippen LogP) is 1.51. The molecule has 1 N–H and O–H groups in total. The van der Waals surface area contributed by atoms with Crippen molar-refractivity contribution < 1.29 is 19.4 Å². The first-order chi connectivity index (χ1) is 8.38. The van der Waals surface area contributed by atoms with E-state index in [0.717, 1.165) is 19.3 Å². The molecule has 18 heavy (non-hydrogen) atoms. The number of carboxylic acids is 1. The van der Waals surface area contributed by atoms with E-state index in [2.05, 4.69) is 0 Å². The van der Waals surface area contributed by atoms with Crippen LogP contribution in [0, 0.1) is 5.92 Å². The summed E-state index contributed by atoms with van der Waals surface area (Å²) in [6.07, 6.45) is 3.14. The van der Waals surface area contributed by atoms with Crippen molar-refractivity contribution in [3.05, 3.63) is 0 Å². The van der Waals surface area contributed by atoms with Gasteiger partial charge < -0.3 is 14.7 Å².